The van der Waals surface area contributed by atoms with Crippen LogP contribution in [0, 0.1) is 0 Å². The zero-order valence-corrected chi connectivity index (χ0v) is 15.4. The van der Waals surface area contributed by atoms with Crippen molar-refractivity contribution in [2.45, 2.75) is 12.5 Å². The average molecular weight is 378 g/mol. The molecule has 2 aromatic heterocycles. The molecule has 0 spiro atoms. The first-order chi connectivity index (χ1) is 13.1. The van der Waals surface area contributed by atoms with Crippen LogP contribution in [-0.4, -0.2) is 29.5 Å². The fraction of sp³-hybridized carbons (Fsp3) is 0.190. The molecule has 1 aliphatic rings. The van der Waals surface area contributed by atoms with E-state index in [4.69, 9.17) is 4.42 Å². The summed E-state index contributed by atoms with van der Waals surface area (Å²) in [6.07, 6.45) is 2.34. The highest BCUT2D eigenvalue weighted by Gasteiger charge is 2.32. The van der Waals surface area contributed by atoms with E-state index in [-0.39, 0.29) is 17.5 Å². The number of aromatic nitrogens is 2. The number of sulfone groups is 1. The molecule has 1 fully saturated rings. The van der Waals surface area contributed by atoms with E-state index in [1.165, 1.54) is 0 Å². The van der Waals surface area contributed by atoms with Crippen LogP contribution in [0.5, 0.6) is 0 Å². The SMILES string of the molecule is O=S1(=O)CC[C@@H](n2cnc(-c3ccccc3)c2-c2cc3ccccc3o2)C1. The first kappa shape index (κ1) is 16.3. The molecule has 1 atom stereocenters. The lowest BCUT2D eigenvalue weighted by Gasteiger charge is -2.14. The molecule has 0 aliphatic carbocycles. The Morgan fingerprint density at radius 1 is 1.04 bits per heavy atom. The average Bonchev–Trinajstić information content (AvgIpc) is 3.37. The van der Waals surface area contributed by atoms with Gasteiger partial charge in [0.05, 0.1) is 29.6 Å². The Labute approximate surface area is 157 Å². The van der Waals surface area contributed by atoms with Crippen LogP contribution in [0.3, 0.4) is 0 Å². The summed E-state index contributed by atoms with van der Waals surface area (Å²) >= 11 is 0. The number of furan rings is 1. The fourth-order valence-corrected chi connectivity index (χ4v) is 5.49. The minimum atomic E-state index is -3.00. The number of imidazole rings is 1. The van der Waals surface area contributed by atoms with Crippen molar-refractivity contribution in [2.24, 2.45) is 0 Å². The number of hydrogen-bond donors (Lipinski definition) is 0. The molecule has 0 unspecified atom stereocenters. The topological polar surface area (TPSA) is 65.1 Å². The summed E-state index contributed by atoms with van der Waals surface area (Å²) in [5.41, 5.74) is 3.42. The summed E-state index contributed by atoms with van der Waals surface area (Å²) in [5, 5.41) is 1.01. The van der Waals surface area contributed by atoms with Gasteiger partial charge in [-0.25, -0.2) is 13.4 Å². The second-order valence-corrected chi connectivity index (χ2v) is 9.15. The molecular formula is C21H18N2O3S. The van der Waals surface area contributed by atoms with Gasteiger partial charge in [-0.15, -0.1) is 0 Å². The molecule has 0 bridgehead atoms. The third-order valence-corrected chi connectivity index (χ3v) is 6.85. The summed E-state index contributed by atoms with van der Waals surface area (Å²) in [6, 6.07) is 19.6. The zero-order chi connectivity index (χ0) is 18.4. The molecule has 4 aromatic rings. The van der Waals surface area contributed by atoms with E-state index < -0.39 is 9.84 Å². The lowest BCUT2D eigenvalue weighted by Crippen LogP contribution is -2.11. The maximum atomic E-state index is 12.0. The zero-order valence-electron chi connectivity index (χ0n) is 14.6. The molecule has 1 saturated heterocycles. The highest BCUT2D eigenvalue weighted by atomic mass is 32.2. The molecule has 0 N–H and O–H groups in total. The minimum Gasteiger partial charge on any atom is -0.454 e. The first-order valence-corrected chi connectivity index (χ1v) is 10.7. The minimum absolute atomic E-state index is 0.122. The number of nitrogens with zero attached hydrogens (tertiary/aromatic N) is 2. The van der Waals surface area contributed by atoms with Crippen LogP contribution in [0.25, 0.3) is 33.7 Å². The normalized spacial score (nSPS) is 18.9. The van der Waals surface area contributed by atoms with Gasteiger partial charge in [-0.3, -0.25) is 0 Å². The number of hydrogen-bond acceptors (Lipinski definition) is 4. The van der Waals surface area contributed by atoms with Crippen molar-refractivity contribution < 1.29 is 12.8 Å². The molecule has 0 amide bonds. The molecule has 2 aromatic carbocycles. The van der Waals surface area contributed by atoms with Gasteiger partial charge in [0, 0.05) is 10.9 Å². The maximum Gasteiger partial charge on any atom is 0.154 e. The lowest BCUT2D eigenvalue weighted by atomic mass is 10.1. The Balaban J connectivity index is 1.72. The maximum absolute atomic E-state index is 12.0. The predicted molar refractivity (Wildman–Crippen MR) is 105 cm³/mol. The molecule has 0 radical (unpaired) electrons. The Hall–Kier alpha value is -2.86. The Morgan fingerprint density at radius 3 is 2.56 bits per heavy atom. The van der Waals surface area contributed by atoms with Gasteiger partial charge in [0.2, 0.25) is 0 Å². The van der Waals surface area contributed by atoms with Gasteiger partial charge in [-0.2, -0.15) is 0 Å². The molecule has 5 nitrogen and oxygen atoms in total. The number of rotatable bonds is 3. The van der Waals surface area contributed by atoms with Crippen LogP contribution >= 0.6 is 0 Å². The van der Waals surface area contributed by atoms with Crippen LogP contribution < -0.4 is 0 Å². The predicted octanol–water partition coefficient (Wildman–Crippen LogP) is 4.32. The monoisotopic (exact) mass is 378 g/mol. The molecule has 27 heavy (non-hydrogen) atoms. The van der Waals surface area contributed by atoms with Crippen molar-refractivity contribution in [2.75, 3.05) is 11.5 Å². The summed E-state index contributed by atoms with van der Waals surface area (Å²) in [6.45, 7) is 0. The third-order valence-electron chi connectivity index (χ3n) is 5.10. The van der Waals surface area contributed by atoms with E-state index in [1.807, 2.05) is 65.2 Å². The van der Waals surface area contributed by atoms with Crippen LogP contribution in [0.2, 0.25) is 0 Å². The van der Waals surface area contributed by atoms with Crippen molar-refractivity contribution in [1.29, 1.82) is 0 Å². The van der Waals surface area contributed by atoms with E-state index >= 15 is 0 Å². The smallest absolute Gasteiger partial charge is 0.154 e. The summed E-state index contributed by atoms with van der Waals surface area (Å²) in [7, 11) is -3.00. The second-order valence-electron chi connectivity index (χ2n) is 6.92. The molecule has 136 valence electrons. The van der Waals surface area contributed by atoms with Crippen molar-refractivity contribution in [3.63, 3.8) is 0 Å². The van der Waals surface area contributed by atoms with Gasteiger partial charge in [-0.05, 0) is 18.6 Å². The van der Waals surface area contributed by atoms with Crippen LogP contribution in [0.1, 0.15) is 12.5 Å². The van der Waals surface area contributed by atoms with Crippen molar-refractivity contribution in [3.8, 4) is 22.7 Å². The third kappa shape index (κ3) is 2.86. The fourth-order valence-electron chi connectivity index (χ4n) is 3.78. The summed E-state index contributed by atoms with van der Waals surface area (Å²) < 4.78 is 32.1. The molecule has 5 rings (SSSR count). The van der Waals surface area contributed by atoms with Gasteiger partial charge in [0.25, 0.3) is 0 Å². The highest BCUT2D eigenvalue weighted by Crippen LogP contribution is 2.38. The van der Waals surface area contributed by atoms with Crippen LogP contribution in [0.4, 0.5) is 0 Å². The molecule has 0 saturated carbocycles. The molecular weight excluding hydrogens is 360 g/mol. The standard InChI is InChI=1S/C21H18N2O3S/c24-27(25)11-10-17(13-27)23-14-22-20(15-6-2-1-3-7-15)21(23)19-12-16-8-4-5-9-18(16)26-19/h1-9,12,14,17H,10-11,13H2/t17-/m1/s1. The van der Waals surface area contributed by atoms with Crippen LogP contribution in [0.15, 0.2) is 71.4 Å². The second kappa shape index (κ2) is 6.09. The van der Waals surface area contributed by atoms with Crippen molar-refractivity contribution >= 4 is 20.8 Å². The van der Waals surface area contributed by atoms with Gasteiger partial charge in [-0.1, -0.05) is 48.5 Å². The van der Waals surface area contributed by atoms with E-state index in [1.54, 1.807) is 6.33 Å². The van der Waals surface area contributed by atoms with E-state index in [0.29, 0.717) is 12.2 Å². The number of benzene rings is 2. The molecule has 3 heterocycles. The highest BCUT2D eigenvalue weighted by molar-refractivity contribution is 7.91. The molecule has 1 aliphatic heterocycles. The van der Waals surface area contributed by atoms with Crippen molar-refractivity contribution in [3.05, 3.63) is 67.0 Å². The molecule has 6 heteroatoms. The number of fused-ring (bicyclic) bond motifs is 1. The van der Waals surface area contributed by atoms with Crippen molar-refractivity contribution in [1.82, 2.24) is 9.55 Å². The van der Waals surface area contributed by atoms with Gasteiger partial charge in [0.1, 0.15) is 11.3 Å². The van der Waals surface area contributed by atoms with Crippen LogP contribution in [-0.2, 0) is 9.84 Å². The van der Waals surface area contributed by atoms with E-state index in [9.17, 15) is 8.42 Å². The largest absolute Gasteiger partial charge is 0.454 e. The summed E-state index contributed by atoms with van der Waals surface area (Å²) in [4.78, 5) is 4.63. The Bertz CT molecular complexity index is 1190. The first-order valence-electron chi connectivity index (χ1n) is 8.92. The van der Waals surface area contributed by atoms with Gasteiger partial charge < -0.3 is 8.98 Å². The Morgan fingerprint density at radius 2 is 1.81 bits per heavy atom. The number of para-hydroxylation sites is 1. The van der Waals surface area contributed by atoms with E-state index in [0.717, 1.165) is 27.9 Å². The van der Waals surface area contributed by atoms with Gasteiger partial charge in [0.15, 0.2) is 15.6 Å². The Kier molecular flexibility index (Phi) is 3.68. The lowest BCUT2D eigenvalue weighted by molar-refractivity contribution is 0.546. The van der Waals surface area contributed by atoms with Gasteiger partial charge >= 0.3 is 0 Å². The quantitative estimate of drug-likeness (QED) is 0.532. The summed E-state index contributed by atoms with van der Waals surface area (Å²) in [5.74, 6) is 1.07. The van der Waals surface area contributed by atoms with E-state index in [2.05, 4.69) is 4.98 Å².